The van der Waals surface area contributed by atoms with E-state index < -0.39 is 0 Å². The number of benzene rings is 1. The first kappa shape index (κ1) is 12.1. The lowest BCUT2D eigenvalue weighted by Gasteiger charge is -2.08. The lowest BCUT2D eigenvalue weighted by molar-refractivity contribution is 0.684. The Bertz CT molecular complexity index is 559. The maximum atomic E-state index is 7.39. The first-order chi connectivity index (χ1) is 8.06. The number of hydrogen-bond acceptors (Lipinski definition) is 2. The minimum Gasteiger partial charge on any atom is -0.384 e. The molecule has 4 nitrogen and oxygen atoms in total. The average molecular weight is 340 g/mol. The van der Waals surface area contributed by atoms with Crippen molar-refractivity contribution in [1.29, 1.82) is 5.41 Å². The lowest BCUT2D eigenvalue weighted by Crippen LogP contribution is -2.12. The highest BCUT2D eigenvalue weighted by atomic mass is 127. The number of nitrogens with one attached hydrogen (secondary N) is 1. The van der Waals surface area contributed by atoms with Crippen LogP contribution in [0.4, 0.5) is 0 Å². The number of hydrogen-bond donors (Lipinski definition) is 2. The highest BCUT2D eigenvalue weighted by Crippen LogP contribution is 2.13. The summed E-state index contributed by atoms with van der Waals surface area (Å²) in [5, 5.41) is 11.6. The Hall–Kier alpha value is -1.37. The second-order valence-electron chi connectivity index (χ2n) is 3.91. The Labute approximate surface area is 113 Å². The molecule has 3 N–H and O–H groups in total. The van der Waals surface area contributed by atoms with Crippen LogP contribution >= 0.6 is 22.6 Å². The fourth-order valence-corrected chi connectivity index (χ4v) is 2.09. The Balaban J connectivity index is 2.25. The molecule has 0 unspecified atom stereocenters. The fourth-order valence-electron chi connectivity index (χ4n) is 1.64. The molecule has 0 aliphatic rings. The van der Waals surface area contributed by atoms with Gasteiger partial charge in [-0.25, -0.2) is 0 Å². The van der Waals surface area contributed by atoms with Crippen LogP contribution in [0.1, 0.15) is 16.7 Å². The molecular formula is C12H13IN4. The summed E-state index contributed by atoms with van der Waals surface area (Å²) in [6.07, 6.45) is 3.83. The van der Waals surface area contributed by atoms with Crippen LogP contribution in [0.5, 0.6) is 0 Å². The molecule has 0 spiro atoms. The van der Waals surface area contributed by atoms with E-state index >= 15 is 0 Å². The SMILES string of the molecule is Cc1cc(C(=N)N)ccc1Cn1cc(I)cn1. The van der Waals surface area contributed by atoms with Gasteiger partial charge in [-0.15, -0.1) is 0 Å². The van der Waals surface area contributed by atoms with E-state index in [0.29, 0.717) is 0 Å². The second kappa shape index (κ2) is 4.87. The van der Waals surface area contributed by atoms with Gasteiger partial charge in [-0.05, 0) is 46.7 Å². The molecule has 0 fully saturated rings. The van der Waals surface area contributed by atoms with Gasteiger partial charge in [-0.1, -0.05) is 12.1 Å². The Morgan fingerprint density at radius 3 is 2.82 bits per heavy atom. The van der Waals surface area contributed by atoms with Crippen molar-refractivity contribution in [2.24, 2.45) is 5.73 Å². The van der Waals surface area contributed by atoms with E-state index in [0.717, 1.165) is 21.2 Å². The van der Waals surface area contributed by atoms with E-state index in [1.54, 1.807) is 0 Å². The summed E-state index contributed by atoms with van der Waals surface area (Å²) in [6, 6.07) is 5.81. The monoisotopic (exact) mass is 340 g/mol. The second-order valence-corrected chi connectivity index (χ2v) is 5.16. The maximum absolute atomic E-state index is 7.39. The van der Waals surface area contributed by atoms with E-state index in [2.05, 4.69) is 27.7 Å². The average Bonchev–Trinajstić information content (AvgIpc) is 2.67. The first-order valence-corrected chi connectivity index (χ1v) is 6.26. The molecule has 2 rings (SSSR count). The number of amidine groups is 1. The quantitative estimate of drug-likeness (QED) is 0.511. The van der Waals surface area contributed by atoms with Gasteiger partial charge in [0.1, 0.15) is 5.84 Å². The van der Waals surface area contributed by atoms with Gasteiger partial charge in [0.2, 0.25) is 0 Å². The van der Waals surface area contributed by atoms with Gasteiger partial charge in [0.15, 0.2) is 0 Å². The largest absolute Gasteiger partial charge is 0.384 e. The van der Waals surface area contributed by atoms with Crippen LogP contribution in [0.25, 0.3) is 0 Å². The van der Waals surface area contributed by atoms with Crippen LogP contribution in [-0.2, 0) is 6.54 Å². The molecule has 2 aromatic rings. The van der Waals surface area contributed by atoms with Crippen molar-refractivity contribution in [2.75, 3.05) is 0 Å². The van der Waals surface area contributed by atoms with E-state index in [1.807, 2.05) is 42.2 Å². The van der Waals surface area contributed by atoms with Crippen molar-refractivity contribution >= 4 is 28.4 Å². The van der Waals surface area contributed by atoms with Crippen LogP contribution in [0.3, 0.4) is 0 Å². The van der Waals surface area contributed by atoms with Crippen molar-refractivity contribution < 1.29 is 0 Å². The molecular weight excluding hydrogens is 327 g/mol. The Morgan fingerprint density at radius 2 is 2.29 bits per heavy atom. The van der Waals surface area contributed by atoms with E-state index in [4.69, 9.17) is 11.1 Å². The molecule has 0 aliphatic carbocycles. The fraction of sp³-hybridized carbons (Fsp3) is 0.167. The van der Waals surface area contributed by atoms with E-state index in [1.165, 1.54) is 5.56 Å². The van der Waals surface area contributed by atoms with Crippen LogP contribution in [0.2, 0.25) is 0 Å². The summed E-state index contributed by atoms with van der Waals surface area (Å²) in [4.78, 5) is 0. The smallest absolute Gasteiger partial charge is 0.122 e. The molecule has 5 heteroatoms. The first-order valence-electron chi connectivity index (χ1n) is 5.18. The number of halogens is 1. The zero-order valence-corrected chi connectivity index (χ0v) is 11.6. The molecule has 0 aliphatic heterocycles. The lowest BCUT2D eigenvalue weighted by atomic mass is 10.0. The molecule has 0 amide bonds. The van der Waals surface area contributed by atoms with E-state index in [-0.39, 0.29) is 5.84 Å². The van der Waals surface area contributed by atoms with Gasteiger partial charge in [0.25, 0.3) is 0 Å². The number of nitrogens with zero attached hydrogens (tertiary/aromatic N) is 2. The molecule has 0 saturated heterocycles. The molecule has 0 saturated carbocycles. The molecule has 1 aromatic carbocycles. The van der Waals surface area contributed by atoms with Crippen LogP contribution < -0.4 is 5.73 Å². The van der Waals surface area contributed by atoms with Gasteiger partial charge in [0.05, 0.1) is 16.3 Å². The van der Waals surface area contributed by atoms with Gasteiger partial charge in [-0.3, -0.25) is 10.1 Å². The number of rotatable bonds is 3. The summed E-state index contributed by atoms with van der Waals surface area (Å²) < 4.78 is 3.03. The Kier molecular flexibility index (Phi) is 3.46. The van der Waals surface area contributed by atoms with Gasteiger partial charge < -0.3 is 5.73 Å². The molecule has 0 radical (unpaired) electrons. The summed E-state index contributed by atoms with van der Waals surface area (Å²) in [7, 11) is 0. The predicted molar refractivity (Wildman–Crippen MR) is 76.2 cm³/mol. The summed E-state index contributed by atoms with van der Waals surface area (Å²) >= 11 is 2.24. The van der Waals surface area contributed by atoms with Crippen molar-refractivity contribution in [2.45, 2.75) is 13.5 Å². The highest BCUT2D eigenvalue weighted by molar-refractivity contribution is 14.1. The molecule has 0 atom stereocenters. The number of nitrogens with two attached hydrogens (primary N) is 1. The van der Waals surface area contributed by atoms with Crippen LogP contribution in [-0.4, -0.2) is 15.6 Å². The third-order valence-corrected chi connectivity index (χ3v) is 3.14. The van der Waals surface area contributed by atoms with Crippen LogP contribution in [0, 0.1) is 15.9 Å². The standard InChI is InChI=1S/C12H13IN4/c1-8-4-9(12(14)15)2-3-10(8)6-17-7-11(13)5-16-17/h2-5,7H,6H2,1H3,(H3,14,15). The predicted octanol–water partition coefficient (Wildman–Crippen LogP) is 2.13. The van der Waals surface area contributed by atoms with Crippen molar-refractivity contribution in [1.82, 2.24) is 9.78 Å². The molecule has 1 aromatic heterocycles. The minimum absolute atomic E-state index is 0.105. The minimum atomic E-state index is 0.105. The number of nitrogen functional groups attached to an aromatic ring is 1. The van der Waals surface area contributed by atoms with Gasteiger partial charge in [0, 0.05) is 11.8 Å². The molecule has 17 heavy (non-hydrogen) atoms. The van der Waals surface area contributed by atoms with Crippen LogP contribution in [0.15, 0.2) is 30.6 Å². The van der Waals surface area contributed by atoms with Crippen molar-refractivity contribution in [3.8, 4) is 0 Å². The summed E-state index contributed by atoms with van der Waals surface area (Å²) in [5.41, 5.74) is 8.54. The zero-order chi connectivity index (χ0) is 12.4. The normalized spacial score (nSPS) is 10.5. The maximum Gasteiger partial charge on any atom is 0.122 e. The van der Waals surface area contributed by atoms with Crippen molar-refractivity contribution in [3.05, 3.63) is 50.9 Å². The highest BCUT2D eigenvalue weighted by Gasteiger charge is 2.03. The summed E-state index contributed by atoms with van der Waals surface area (Å²) in [6.45, 7) is 2.77. The summed E-state index contributed by atoms with van der Waals surface area (Å²) in [5.74, 6) is 0.105. The molecule has 88 valence electrons. The molecule has 1 heterocycles. The zero-order valence-electron chi connectivity index (χ0n) is 9.44. The number of aromatic nitrogens is 2. The number of aryl methyl sites for hydroxylation is 1. The Morgan fingerprint density at radius 1 is 1.53 bits per heavy atom. The topological polar surface area (TPSA) is 67.7 Å². The third-order valence-electron chi connectivity index (χ3n) is 2.59. The van der Waals surface area contributed by atoms with Gasteiger partial charge >= 0.3 is 0 Å². The van der Waals surface area contributed by atoms with Gasteiger partial charge in [-0.2, -0.15) is 5.10 Å². The molecule has 0 bridgehead atoms. The van der Waals surface area contributed by atoms with E-state index in [9.17, 15) is 0 Å². The third kappa shape index (κ3) is 2.85. The van der Waals surface area contributed by atoms with Crippen molar-refractivity contribution in [3.63, 3.8) is 0 Å².